The molecular formula is C12H30O2Si2. The summed E-state index contributed by atoms with van der Waals surface area (Å²) in [4.78, 5) is 0. The van der Waals surface area contributed by atoms with Crippen LogP contribution in [0.3, 0.4) is 0 Å². The smallest absolute Gasteiger partial charge is 0.210 e. The monoisotopic (exact) mass is 262 g/mol. The summed E-state index contributed by atoms with van der Waals surface area (Å²) in [7, 11) is -3.25. The van der Waals surface area contributed by atoms with Crippen LogP contribution in [0.15, 0.2) is 0 Å². The summed E-state index contributed by atoms with van der Waals surface area (Å²) in [5.41, 5.74) is 0. The molecular weight excluding hydrogens is 232 g/mol. The second kappa shape index (κ2) is 7.64. The summed E-state index contributed by atoms with van der Waals surface area (Å²) in [6.45, 7) is 15.2. The van der Waals surface area contributed by atoms with Gasteiger partial charge in [-0.2, -0.15) is 0 Å². The molecule has 0 spiro atoms. The molecule has 0 amide bonds. The zero-order valence-corrected chi connectivity index (χ0v) is 14.1. The minimum Gasteiger partial charge on any atom is -0.417 e. The maximum atomic E-state index is 6.30. The van der Waals surface area contributed by atoms with E-state index in [0.29, 0.717) is 0 Å². The molecule has 0 heterocycles. The summed E-state index contributed by atoms with van der Waals surface area (Å²) in [5.74, 6) is 0. The third-order valence-corrected chi connectivity index (χ3v) is 22.0. The van der Waals surface area contributed by atoms with Gasteiger partial charge in [-0.15, -0.1) is 0 Å². The molecule has 0 aromatic rings. The second-order valence-electron chi connectivity index (χ2n) is 4.27. The number of hydrogen-bond acceptors (Lipinski definition) is 2. The van der Waals surface area contributed by atoms with Gasteiger partial charge in [-0.1, -0.05) is 27.7 Å². The van der Waals surface area contributed by atoms with E-state index in [1.54, 1.807) is 0 Å². The van der Waals surface area contributed by atoms with Crippen LogP contribution in [0.1, 0.15) is 41.5 Å². The van der Waals surface area contributed by atoms with Crippen LogP contribution in [0.4, 0.5) is 0 Å². The van der Waals surface area contributed by atoms with Gasteiger partial charge in [-0.05, 0) is 38.0 Å². The molecule has 0 aliphatic heterocycles. The molecule has 4 heteroatoms. The molecule has 0 N–H and O–H groups in total. The molecule has 0 unspecified atom stereocenters. The van der Waals surface area contributed by atoms with Crippen LogP contribution in [0.2, 0.25) is 24.2 Å². The van der Waals surface area contributed by atoms with Crippen LogP contribution >= 0.6 is 0 Å². The van der Waals surface area contributed by atoms with Gasteiger partial charge in [0.25, 0.3) is 0 Å². The highest BCUT2D eigenvalue weighted by Crippen LogP contribution is 2.35. The van der Waals surface area contributed by atoms with Crippen molar-refractivity contribution in [3.63, 3.8) is 0 Å². The lowest BCUT2D eigenvalue weighted by Gasteiger charge is -2.44. The van der Waals surface area contributed by atoms with Gasteiger partial charge in [0, 0.05) is 13.2 Å². The predicted octanol–water partition coefficient (Wildman–Crippen LogP) is 4.11. The highest BCUT2D eigenvalue weighted by atomic mass is 29.3. The van der Waals surface area contributed by atoms with E-state index >= 15 is 0 Å². The third-order valence-electron chi connectivity index (χ3n) is 3.96. The molecule has 16 heavy (non-hydrogen) atoms. The highest BCUT2D eigenvalue weighted by Gasteiger charge is 2.54. The number of rotatable bonds is 9. The summed E-state index contributed by atoms with van der Waals surface area (Å²) in [6.07, 6.45) is 0. The lowest BCUT2D eigenvalue weighted by molar-refractivity contribution is 0.295. The van der Waals surface area contributed by atoms with E-state index in [1.165, 1.54) is 24.2 Å². The Hall–Kier alpha value is 0.354. The molecule has 0 fully saturated rings. The van der Waals surface area contributed by atoms with Crippen molar-refractivity contribution in [1.29, 1.82) is 0 Å². The zero-order valence-electron chi connectivity index (χ0n) is 12.1. The second-order valence-corrected chi connectivity index (χ2v) is 17.1. The predicted molar refractivity (Wildman–Crippen MR) is 76.7 cm³/mol. The van der Waals surface area contributed by atoms with E-state index in [2.05, 4.69) is 41.5 Å². The minimum atomic E-state index is -1.63. The van der Waals surface area contributed by atoms with Gasteiger partial charge < -0.3 is 8.85 Å². The summed E-state index contributed by atoms with van der Waals surface area (Å²) in [6, 6.07) is 4.85. The van der Waals surface area contributed by atoms with E-state index in [0.717, 1.165) is 13.2 Å². The maximum Gasteiger partial charge on any atom is 0.210 e. The largest absolute Gasteiger partial charge is 0.417 e. The first-order chi connectivity index (χ1) is 7.61. The van der Waals surface area contributed by atoms with Gasteiger partial charge in [-0.3, -0.25) is 0 Å². The molecule has 0 radical (unpaired) electrons. The first-order valence-corrected chi connectivity index (χ1v) is 12.5. The van der Waals surface area contributed by atoms with Crippen molar-refractivity contribution >= 4 is 15.7 Å². The Morgan fingerprint density at radius 1 is 0.562 bits per heavy atom. The molecule has 0 aromatic heterocycles. The van der Waals surface area contributed by atoms with Crippen LogP contribution in [0, 0.1) is 0 Å². The average molecular weight is 263 g/mol. The van der Waals surface area contributed by atoms with Crippen LogP contribution in [0.25, 0.3) is 0 Å². The lowest BCUT2D eigenvalue weighted by atomic mass is 10.9. The average Bonchev–Trinajstić information content (AvgIpc) is 2.33. The van der Waals surface area contributed by atoms with E-state index in [9.17, 15) is 0 Å². The Kier molecular flexibility index (Phi) is 7.80. The fourth-order valence-corrected chi connectivity index (χ4v) is 19.2. The first kappa shape index (κ1) is 16.4. The molecule has 0 bridgehead atoms. The fourth-order valence-electron chi connectivity index (χ4n) is 3.01. The molecule has 0 aromatic carbocycles. The van der Waals surface area contributed by atoms with Gasteiger partial charge in [0.15, 0.2) is 0 Å². The van der Waals surface area contributed by atoms with Crippen LogP contribution in [-0.4, -0.2) is 28.9 Å². The van der Waals surface area contributed by atoms with Gasteiger partial charge in [0.2, 0.25) is 15.7 Å². The molecule has 98 valence electrons. The van der Waals surface area contributed by atoms with Crippen LogP contribution < -0.4 is 0 Å². The van der Waals surface area contributed by atoms with Crippen molar-refractivity contribution in [2.45, 2.75) is 65.7 Å². The summed E-state index contributed by atoms with van der Waals surface area (Å²) < 4.78 is 12.6. The first-order valence-electron chi connectivity index (χ1n) is 6.89. The van der Waals surface area contributed by atoms with Crippen molar-refractivity contribution in [3.05, 3.63) is 0 Å². The summed E-state index contributed by atoms with van der Waals surface area (Å²) >= 11 is 0. The molecule has 0 rings (SSSR count). The zero-order chi connectivity index (χ0) is 12.7. The Morgan fingerprint density at radius 2 is 0.812 bits per heavy atom. The minimum absolute atomic E-state index is 0.857. The Morgan fingerprint density at radius 3 is 0.938 bits per heavy atom. The Bertz CT molecular complexity index is 158. The molecule has 0 saturated heterocycles. The van der Waals surface area contributed by atoms with Gasteiger partial charge in [0.05, 0.1) is 0 Å². The molecule has 0 atom stereocenters. The fraction of sp³-hybridized carbons (Fsp3) is 1.00. The Balaban J connectivity index is 5.20. The molecule has 0 aliphatic carbocycles. The standard InChI is InChI=1S/C12H30O2Si2/c1-7-13-15(9-3,10-4)16(11-5,12-6)14-8-2/h7-12H2,1-6H3. The van der Waals surface area contributed by atoms with Crippen molar-refractivity contribution in [2.75, 3.05) is 13.2 Å². The maximum absolute atomic E-state index is 6.30. The molecule has 0 aliphatic rings. The number of hydrogen-bond donors (Lipinski definition) is 0. The molecule has 2 nitrogen and oxygen atoms in total. The Labute approximate surface area is 104 Å². The van der Waals surface area contributed by atoms with Gasteiger partial charge >= 0.3 is 0 Å². The SMILES string of the molecule is CCO[Si](CC)(CC)[Si](CC)(CC)OCC. The normalized spacial score (nSPS) is 13.1. The van der Waals surface area contributed by atoms with E-state index in [-0.39, 0.29) is 0 Å². The molecule has 0 saturated carbocycles. The van der Waals surface area contributed by atoms with E-state index < -0.39 is 15.7 Å². The van der Waals surface area contributed by atoms with Gasteiger partial charge in [0.1, 0.15) is 0 Å². The van der Waals surface area contributed by atoms with Crippen LogP contribution in [0.5, 0.6) is 0 Å². The topological polar surface area (TPSA) is 18.5 Å². The third kappa shape index (κ3) is 2.97. The lowest BCUT2D eigenvalue weighted by Crippen LogP contribution is -2.65. The van der Waals surface area contributed by atoms with Crippen LogP contribution in [-0.2, 0) is 8.85 Å². The summed E-state index contributed by atoms with van der Waals surface area (Å²) in [5, 5.41) is 0. The quantitative estimate of drug-likeness (QED) is 0.582. The van der Waals surface area contributed by atoms with E-state index in [4.69, 9.17) is 8.85 Å². The highest BCUT2D eigenvalue weighted by molar-refractivity contribution is 7.37. The van der Waals surface area contributed by atoms with Crippen molar-refractivity contribution in [1.82, 2.24) is 0 Å². The van der Waals surface area contributed by atoms with Gasteiger partial charge in [-0.25, -0.2) is 0 Å². The van der Waals surface area contributed by atoms with Crippen molar-refractivity contribution in [2.24, 2.45) is 0 Å². The van der Waals surface area contributed by atoms with Crippen molar-refractivity contribution < 1.29 is 8.85 Å². The van der Waals surface area contributed by atoms with Crippen molar-refractivity contribution in [3.8, 4) is 0 Å². The van der Waals surface area contributed by atoms with E-state index in [1.807, 2.05) is 0 Å².